The topological polar surface area (TPSA) is 94.8 Å². The van der Waals surface area contributed by atoms with Gasteiger partial charge in [0.05, 0.1) is 33.9 Å². The summed E-state index contributed by atoms with van der Waals surface area (Å²) in [6.45, 7) is 5.36. The number of aliphatic imine (C=N–C) groups is 1. The van der Waals surface area contributed by atoms with Gasteiger partial charge in [-0.2, -0.15) is 0 Å². The fourth-order valence-corrected chi connectivity index (χ4v) is 2.97. The first kappa shape index (κ1) is 22.9. The van der Waals surface area contributed by atoms with E-state index >= 15 is 0 Å². The molecule has 3 aromatic rings. The van der Waals surface area contributed by atoms with Gasteiger partial charge in [-0.3, -0.25) is 0 Å². The van der Waals surface area contributed by atoms with Crippen molar-refractivity contribution in [1.82, 2.24) is 20.1 Å². The number of benzene rings is 2. The number of methoxy groups -OCH3 is 2. The lowest BCUT2D eigenvalue weighted by Gasteiger charge is -2.15. The zero-order chi connectivity index (χ0) is 22.9. The Morgan fingerprint density at radius 2 is 1.81 bits per heavy atom. The van der Waals surface area contributed by atoms with Gasteiger partial charge in [-0.15, -0.1) is 10.2 Å². The zero-order valence-corrected chi connectivity index (χ0v) is 19.2. The molecule has 9 nitrogen and oxygen atoms in total. The van der Waals surface area contributed by atoms with E-state index in [4.69, 9.17) is 19.2 Å². The van der Waals surface area contributed by atoms with Crippen molar-refractivity contribution < 1.29 is 14.2 Å². The van der Waals surface area contributed by atoms with Gasteiger partial charge in [0.2, 0.25) is 0 Å². The highest BCUT2D eigenvalue weighted by Gasteiger charge is 2.10. The van der Waals surface area contributed by atoms with E-state index < -0.39 is 0 Å². The number of anilines is 1. The van der Waals surface area contributed by atoms with Crippen LogP contribution in [-0.2, 0) is 20.1 Å². The minimum absolute atomic E-state index is 0.472. The molecule has 0 fully saturated rings. The molecule has 3 rings (SSSR count). The van der Waals surface area contributed by atoms with E-state index in [1.165, 1.54) is 0 Å². The number of nitrogens with zero attached hydrogens (tertiary/aromatic N) is 4. The van der Waals surface area contributed by atoms with Crippen molar-refractivity contribution in [3.63, 3.8) is 0 Å². The first-order valence-corrected chi connectivity index (χ1v) is 10.4. The molecule has 0 radical (unpaired) electrons. The van der Waals surface area contributed by atoms with Crippen LogP contribution < -0.4 is 24.8 Å². The summed E-state index contributed by atoms with van der Waals surface area (Å²) in [7, 11) is 5.21. The molecule has 0 aliphatic carbocycles. The van der Waals surface area contributed by atoms with Gasteiger partial charge in [-0.05, 0) is 43.7 Å². The monoisotopic (exact) mass is 438 g/mol. The van der Waals surface area contributed by atoms with E-state index in [2.05, 4.69) is 20.8 Å². The van der Waals surface area contributed by atoms with Crippen molar-refractivity contribution in [3.8, 4) is 17.2 Å². The summed E-state index contributed by atoms with van der Waals surface area (Å²) in [5.74, 6) is 4.42. The Bertz CT molecular complexity index is 1050. The van der Waals surface area contributed by atoms with E-state index in [1.807, 2.05) is 67.9 Å². The molecule has 1 aromatic heterocycles. The molecule has 0 atom stereocenters. The van der Waals surface area contributed by atoms with Crippen LogP contribution in [0.15, 0.2) is 47.5 Å². The van der Waals surface area contributed by atoms with Gasteiger partial charge in [0.25, 0.3) is 0 Å². The predicted octanol–water partition coefficient (Wildman–Crippen LogP) is 3.30. The van der Waals surface area contributed by atoms with E-state index in [1.54, 1.807) is 14.2 Å². The van der Waals surface area contributed by atoms with E-state index in [-0.39, 0.29) is 0 Å². The second-order valence-corrected chi connectivity index (χ2v) is 7.01. The molecule has 0 aliphatic rings. The number of rotatable bonds is 9. The summed E-state index contributed by atoms with van der Waals surface area (Å²) in [6.07, 6.45) is 0. The summed E-state index contributed by atoms with van der Waals surface area (Å²) in [5, 5.41) is 15.0. The lowest BCUT2D eigenvalue weighted by molar-refractivity contribution is 0.311. The Kier molecular flexibility index (Phi) is 7.91. The fraction of sp³-hybridized carbons (Fsp3) is 0.348. The molecule has 0 spiro atoms. The standard InChI is InChI=1S/C23H30N6O3/c1-6-32-21-13-18(9-12-20(21)31-5)26-23(25-15-22-28-27-16(2)29(22)3)24-14-17-7-10-19(30-4)11-8-17/h7-13H,6,14-15H2,1-5H3,(H2,24,25,26). The highest BCUT2D eigenvalue weighted by atomic mass is 16.5. The van der Waals surface area contributed by atoms with Gasteiger partial charge in [-0.25, -0.2) is 4.99 Å². The quantitative estimate of drug-likeness (QED) is 0.391. The summed E-state index contributed by atoms with van der Waals surface area (Å²) in [6, 6.07) is 13.5. The first-order chi connectivity index (χ1) is 15.5. The van der Waals surface area contributed by atoms with Crippen molar-refractivity contribution in [2.75, 3.05) is 26.1 Å². The molecule has 0 unspecified atom stereocenters. The van der Waals surface area contributed by atoms with Gasteiger partial charge >= 0.3 is 0 Å². The van der Waals surface area contributed by atoms with Crippen LogP contribution in [0.4, 0.5) is 5.69 Å². The molecule has 32 heavy (non-hydrogen) atoms. The molecule has 170 valence electrons. The van der Waals surface area contributed by atoms with Crippen LogP contribution >= 0.6 is 0 Å². The average Bonchev–Trinajstić information content (AvgIpc) is 3.14. The summed E-state index contributed by atoms with van der Waals surface area (Å²) < 4.78 is 18.2. The molecular formula is C23H30N6O3. The number of aromatic nitrogens is 3. The SMILES string of the molecule is CCOc1cc(NC(=NCc2ccc(OC)cc2)NCc2nnc(C)n2C)ccc1OC. The number of aryl methyl sites for hydroxylation is 1. The third kappa shape index (κ3) is 5.90. The van der Waals surface area contributed by atoms with E-state index in [0.29, 0.717) is 37.2 Å². The number of guanidine groups is 1. The van der Waals surface area contributed by atoms with Crippen molar-refractivity contribution in [2.45, 2.75) is 26.9 Å². The smallest absolute Gasteiger partial charge is 0.196 e. The van der Waals surface area contributed by atoms with Gasteiger partial charge in [0.1, 0.15) is 11.6 Å². The van der Waals surface area contributed by atoms with Gasteiger partial charge < -0.3 is 29.4 Å². The molecular weight excluding hydrogens is 408 g/mol. The average molecular weight is 439 g/mol. The Morgan fingerprint density at radius 1 is 1.03 bits per heavy atom. The largest absolute Gasteiger partial charge is 0.497 e. The van der Waals surface area contributed by atoms with Crippen LogP contribution in [0.5, 0.6) is 17.2 Å². The Hall–Kier alpha value is -3.75. The van der Waals surface area contributed by atoms with Crippen LogP contribution in [0, 0.1) is 6.92 Å². The van der Waals surface area contributed by atoms with Crippen molar-refractivity contribution >= 4 is 11.6 Å². The van der Waals surface area contributed by atoms with E-state index in [0.717, 1.165) is 28.6 Å². The molecule has 2 N–H and O–H groups in total. The van der Waals surface area contributed by atoms with Crippen LogP contribution in [-0.4, -0.2) is 41.6 Å². The lowest BCUT2D eigenvalue weighted by Crippen LogP contribution is -2.31. The van der Waals surface area contributed by atoms with Crippen molar-refractivity contribution in [2.24, 2.45) is 12.0 Å². The summed E-state index contributed by atoms with van der Waals surface area (Å²) >= 11 is 0. The highest BCUT2D eigenvalue weighted by Crippen LogP contribution is 2.30. The zero-order valence-electron chi connectivity index (χ0n) is 19.2. The van der Waals surface area contributed by atoms with Crippen LogP contribution in [0.2, 0.25) is 0 Å². The minimum Gasteiger partial charge on any atom is -0.497 e. The number of hydrogen-bond acceptors (Lipinski definition) is 6. The molecule has 0 saturated heterocycles. The molecule has 0 amide bonds. The predicted molar refractivity (Wildman–Crippen MR) is 124 cm³/mol. The second kappa shape index (κ2) is 11.0. The van der Waals surface area contributed by atoms with Crippen LogP contribution in [0.3, 0.4) is 0 Å². The summed E-state index contributed by atoms with van der Waals surface area (Å²) in [5.41, 5.74) is 1.88. The lowest BCUT2D eigenvalue weighted by atomic mass is 10.2. The Morgan fingerprint density at radius 3 is 2.44 bits per heavy atom. The maximum absolute atomic E-state index is 5.69. The molecule has 1 heterocycles. The maximum atomic E-state index is 5.69. The molecule has 0 bridgehead atoms. The number of ether oxygens (including phenoxy) is 3. The maximum Gasteiger partial charge on any atom is 0.196 e. The van der Waals surface area contributed by atoms with Crippen molar-refractivity contribution in [1.29, 1.82) is 0 Å². The molecule has 0 saturated carbocycles. The highest BCUT2D eigenvalue weighted by molar-refractivity contribution is 5.93. The van der Waals surface area contributed by atoms with Crippen LogP contribution in [0.25, 0.3) is 0 Å². The third-order valence-corrected chi connectivity index (χ3v) is 4.90. The Labute approximate surface area is 188 Å². The summed E-state index contributed by atoms with van der Waals surface area (Å²) in [4.78, 5) is 4.74. The Balaban J connectivity index is 1.80. The van der Waals surface area contributed by atoms with E-state index in [9.17, 15) is 0 Å². The normalized spacial score (nSPS) is 11.2. The van der Waals surface area contributed by atoms with Gasteiger partial charge in [0, 0.05) is 18.8 Å². The molecule has 0 aliphatic heterocycles. The minimum atomic E-state index is 0.472. The number of nitrogens with one attached hydrogen (secondary N) is 2. The molecule has 2 aromatic carbocycles. The van der Waals surface area contributed by atoms with Crippen molar-refractivity contribution in [3.05, 3.63) is 59.7 Å². The van der Waals surface area contributed by atoms with Gasteiger partial charge in [-0.1, -0.05) is 12.1 Å². The fourth-order valence-electron chi connectivity index (χ4n) is 2.97. The number of hydrogen-bond donors (Lipinski definition) is 2. The third-order valence-electron chi connectivity index (χ3n) is 4.90. The van der Waals surface area contributed by atoms with Gasteiger partial charge in [0.15, 0.2) is 23.3 Å². The molecule has 9 heteroatoms. The van der Waals surface area contributed by atoms with Crippen LogP contribution in [0.1, 0.15) is 24.1 Å². The first-order valence-electron chi connectivity index (χ1n) is 10.4. The second-order valence-electron chi connectivity index (χ2n) is 7.01.